The third-order valence-corrected chi connectivity index (χ3v) is 3.33. The first kappa shape index (κ1) is 16.9. The Bertz CT molecular complexity index is 709. The van der Waals surface area contributed by atoms with Crippen LogP contribution in [-0.4, -0.2) is 34.2 Å². The summed E-state index contributed by atoms with van der Waals surface area (Å²) in [6.07, 6.45) is -4.25. The molecule has 2 rings (SSSR count). The third kappa shape index (κ3) is 5.01. The molecule has 1 heterocycles. The van der Waals surface area contributed by atoms with Gasteiger partial charge in [-0.1, -0.05) is 6.07 Å². The number of rotatable bonds is 6. The van der Waals surface area contributed by atoms with Crippen LogP contribution in [0.4, 0.5) is 13.2 Å². The fraction of sp³-hybridized carbons (Fsp3) is 0.333. The number of alkyl halides is 3. The smallest absolute Gasteiger partial charge is 0.391 e. The predicted molar refractivity (Wildman–Crippen MR) is 76.9 cm³/mol. The molecule has 1 aromatic carbocycles. The van der Waals surface area contributed by atoms with Gasteiger partial charge >= 0.3 is 12.1 Å². The van der Waals surface area contributed by atoms with Gasteiger partial charge in [0, 0.05) is 18.1 Å². The van der Waals surface area contributed by atoms with Crippen LogP contribution in [0.1, 0.15) is 18.4 Å². The quantitative estimate of drug-likeness (QED) is 0.762. The third-order valence-electron chi connectivity index (χ3n) is 3.33. The Kier molecular flexibility index (Phi) is 4.92. The van der Waals surface area contributed by atoms with E-state index in [0.717, 1.165) is 16.5 Å². The Morgan fingerprint density at radius 2 is 2.00 bits per heavy atom. The normalized spacial score (nSPS) is 13.0. The van der Waals surface area contributed by atoms with Crippen LogP contribution in [0.5, 0.6) is 0 Å². The number of carboxylic acids is 1. The van der Waals surface area contributed by atoms with Gasteiger partial charge in [-0.3, -0.25) is 4.79 Å². The maximum absolute atomic E-state index is 12.3. The van der Waals surface area contributed by atoms with E-state index >= 15 is 0 Å². The van der Waals surface area contributed by atoms with Crippen molar-refractivity contribution in [1.82, 2.24) is 10.3 Å². The molecule has 1 atom stereocenters. The van der Waals surface area contributed by atoms with Crippen molar-refractivity contribution < 1.29 is 27.9 Å². The largest absolute Gasteiger partial charge is 0.480 e. The topological polar surface area (TPSA) is 82.2 Å². The number of fused-ring (bicyclic) bond motifs is 1. The molecule has 23 heavy (non-hydrogen) atoms. The van der Waals surface area contributed by atoms with Gasteiger partial charge in [-0.25, -0.2) is 4.79 Å². The number of halogens is 3. The molecule has 0 spiro atoms. The first-order valence-corrected chi connectivity index (χ1v) is 6.89. The maximum Gasteiger partial charge on any atom is 0.391 e. The molecule has 8 heteroatoms. The fourth-order valence-electron chi connectivity index (χ4n) is 2.21. The molecule has 1 amide bonds. The number of hydrogen-bond acceptors (Lipinski definition) is 2. The molecule has 0 saturated carbocycles. The second-order valence-electron chi connectivity index (χ2n) is 5.18. The number of aromatic nitrogens is 1. The lowest BCUT2D eigenvalue weighted by Gasteiger charge is -2.16. The van der Waals surface area contributed by atoms with Crippen molar-refractivity contribution in [3.05, 3.63) is 36.0 Å². The minimum absolute atomic E-state index is 0.0857. The summed E-state index contributed by atoms with van der Waals surface area (Å²) < 4.78 is 36.8. The number of hydrogen-bond donors (Lipinski definition) is 3. The number of nitrogens with one attached hydrogen (secondary N) is 2. The molecule has 0 aliphatic carbocycles. The van der Waals surface area contributed by atoms with Gasteiger partial charge in [-0.05, 0) is 35.6 Å². The van der Waals surface area contributed by atoms with Crippen LogP contribution >= 0.6 is 0 Å². The number of carbonyl (C=O) groups excluding carboxylic acids is 1. The van der Waals surface area contributed by atoms with Crippen molar-refractivity contribution in [2.75, 3.05) is 0 Å². The molecular formula is C15H15F3N2O3. The fourth-order valence-corrected chi connectivity index (χ4v) is 2.21. The van der Waals surface area contributed by atoms with E-state index in [-0.39, 0.29) is 6.42 Å². The van der Waals surface area contributed by atoms with Crippen molar-refractivity contribution in [3.63, 3.8) is 0 Å². The Hall–Kier alpha value is -2.51. The van der Waals surface area contributed by atoms with Crippen LogP contribution in [-0.2, 0) is 16.0 Å². The van der Waals surface area contributed by atoms with Crippen LogP contribution in [0.2, 0.25) is 0 Å². The summed E-state index contributed by atoms with van der Waals surface area (Å²) in [7, 11) is 0. The first-order chi connectivity index (χ1) is 10.7. The molecule has 0 saturated heterocycles. The number of aromatic amines is 1. The van der Waals surface area contributed by atoms with E-state index in [9.17, 15) is 22.8 Å². The van der Waals surface area contributed by atoms with E-state index in [1.807, 2.05) is 23.5 Å². The number of carbonyl (C=O) groups is 2. The highest BCUT2D eigenvalue weighted by Crippen LogP contribution is 2.22. The minimum Gasteiger partial charge on any atom is -0.480 e. The standard InChI is InChI=1S/C15H15F3N2O3/c16-15(17,18)8-12(14(22)23)20-13(21)4-2-9-1-3-11-10(7-9)5-6-19-11/h1,3,5-7,12,19H,2,4,8H2,(H,20,21)(H,22,23). The summed E-state index contributed by atoms with van der Waals surface area (Å²) in [6, 6.07) is 5.41. The van der Waals surface area contributed by atoms with Crippen LogP contribution < -0.4 is 5.32 Å². The summed E-state index contributed by atoms with van der Waals surface area (Å²) in [5.74, 6) is -2.43. The zero-order valence-electron chi connectivity index (χ0n) is 12.0. The lowest BCUT2D eigenvalue weighted by Crippen LogP contribution is -2.43. The van der Waals surface area contributed by atoms with Gasteiger partial charge in [-0.15, -0.1) is 0 Å². The molecular weight excluding hydrogens is 313 g/mol. The van der Waals surface area contributed by atoms with Crippen molar-refractivity contribution in [1.29, 1.82) is 0 Å². The van der Waals surface area contributed by atoms with Crippen molar-refractivity contribution in [2.24, 2.45) is 0 Å². The highest BCUT2D eigenvalue weighted by molar-refractivity contribution is 5.84. The van der Waals surface area contributed by atoms with Gasteiger partial charge in [0.05, 0.1) is 6.42 Å². The number of amides is 1. The van der Waals surface area contributed by atoms with Crippen molar-refractivity contribution in [3.8, 4) is 0 Å². The molecule has 1 aromatic heterocycles. The van der Waals surface area contributed by atoms with Gasteiger partial charge in [0.15, 0.2) is 0 Å². The van der Waals surface area contributed by atoms with E-state index < -0.39 is 30.5 Å². The number of benzene rings is 1. The highest BCUT2D eigenvalue weighted by Gasteiger charge is 2.36. The molecule has 2 aromatic rings. The average molecular weight is 328 g/mol. The van der Waals surface area contributed by atoms with E-state index in [2.05, 4.69) is 4.98 Å². The number of aryl methyl sites for hydroxylation is 1. The van der Waals surface area contributed by atoms with Gasteiger partial charge in [0.1, 0.15) is 6.04 Å². The second-order valence-corrected chi connectivity index (χ2v) is 5.18. The predicted octanol–water partition coefficient (Wildman–Crippen LogP) is 2.62. The Labute approximate surface area is 129 Å². The first-order valence-electron chi connectivity index (χ1n) is 6.89. The Morgan fingerprint density at radius 1 is 1.26 bits per heavy atom. The minimum atomic E-state index is -4.66. The van der Waals surface area contributed by atoms with E-state index in [1.54, 1.807) is 12.3 Å². The zero-order valence-corrected chi connectivity index (χ0v) is 12.0. The molecule has 0 aliphatic rings. The van der Waals surface area contributed by atoms with E-state index in [0.29, 0.717) is 6.42 Å². The number of H-pyrrole nitrogens is 1. The van der Waals surface area contributed by atoms with Gasteiger partial charge < -0.3 is 15.4 Å². The monoisotopic (exact) mass is 328 g/mol. The summed E-state index contributed by atoms with van der Waals surface area (Å²) in [5.41, 5.74) is 1.78. The average Bonchev–Trinajstić information content (AvgIpc) is 2.90. The highest BCUT2D eigenvalue weighted by atomic mass is 19.4. The maximum atomic E-state index is 12.3. The lowest BCUT2D eigenvalue weighted by atomic mass is 10.1. The van der Waals surface area contributed by atoms with Gasteiger partial charge in [0.2, 0.25) is 5.91 Å². The van der Waals surface area contributed by atoms with Crippen molar-refractivity contribution >= 4 is 22.8 Å². The van der Waals surface area contributed by atoms with Crippen LogP contribution in [0.3, 0.4) is 0 Å². The molecule has 3 N–H and O–H groups in total. The van der Waals surface area contributed by atoms with Gasteiger partial charge in [0.25, 0.3) is 0 Å². The summed E-state index contributed by atoms with van der Waals surface area (Å²) >= 11 is 0. The van der Waals surface area contributed by atoms with Crippen molar-refractivity contribution in [2.45, 2.75) is 31.5 Å². The number of carboxylic acid groups (broad SMARTS) is 1. The second kappa shape index (κ2) is 6.72. The number of aliphatic carboxylic acids is 1. The Balaban J connectivity index is 1.91. The molecule has 0 fully saturated rings. The van der Waals surface area contributed by atoms with Crippen LogP contribution in [0, 0.1) is 0 Å². The molecule has 0 bridgehead atoms. The summed E-state index contributed by atoms with van der Waals surface area (Å²) in [6.45, 7) is 0. The van der Waals surface area contributed by atoms with E-state index in [4.69, 9.17) is 5.11 Å². The Morgan fingerprint density at radius 3 is 2.65 bits per heavy atom. The zero-order chi connectivity index (χ0) is 17.0. The molecule has 1 unspecified atom stereocenters. The molecule has 124 valence electrons. The molecule has 0 radical (unpaired) electrons. The summed E-state index contributed by atoms with van der Waals surface area (Å²) in [4.78, 5) is 25.5. The van der Waals surface area contributed by atoms with Gasteiger partial charge in [-0.2, -0.15) is 13.2 Å². The van der Waals surface area contributed by atoms with Crippen LogP contribution in [0.15, 0.2) is 30.5 Å². The SMILES string of the molecule is O=C(CCc1ccc2[nH]ccc2c1)NC(CC(F)(F)F)C(=O)O. The van der Waals surface area contributed by atoms with Crippen LogP contribution in [0.25, 0.3) is 10.9 Å². The molecule has 0 aliphatic heterocycles. The summed E-state index contributed by atoms with van der Waals surface area (Å²) in [5, 5.41) is 11.6. The lowest BCUT2D eigenvalue weighted by molar-refractivity contribution is -0.160. The van der Waals surface area contributed by atoms with E-state index in [1.165, 1.54) is 0 Å². The molecule has 5 nitrogen and oxygen atoms in total.